The number of carbonyl (C=O) groups excluding carboxylic acids is 2. The molecule has 2 heterocycles. The third kappa shape index (κ3) is 3.26. The smallest absolute Gasteiger partial charge is 0.258 e. The largest absolute Gasteiger partial charge is 0.349 e. The van der Waals surface area contributed by atoms with Gasteiger partial charge in [0.05, 0.1) is 0 Å². The zero-order valence-electron chi connectivity index (χ0n) is 12.4. The molecule has 1 saturated carbocycles. The number of likely N-dealkylation sites (tertiary alicyclic amines) is 1. The van der Waals surface area contributed by atoms with Gasteiger partial charge in [-0.2, -0.15) is 0 Å². The zero-order chi connectivity index (χ0) is 15.6. The summed E-state index contributed by atoms with van der Waals surface area (Å²) in [6, 6.07) is 3.56. The highest BCUT2D eigenvalue weighted by atomic mass is 19.1. The zero-order valence-corrected chi connectivity index (χ0v) is 12.4. The number of hydrogen-bond acceptors (Lipinski definition) is 3. The predicted octanol–water partition coefficient (Wildman–Crippen LogP) is 1.44. The maximum atomic E-state index is 14.8. The molecule has 0 aromatic carbocycles. The summed E-state index contributed by atoms with van der Waals surface area (Å²) < 4.78 is 14.8. The van der Waals surface area contributed by atoms with E-state index in [0.717, 1.165) is 18.4 Å². The molecule has 2 aliphatic rings. The highest BCUT2D eigenvalue weighted by molar-refractivity contribution is 5.86. The van der Waals surface area contributed by atoms with Crippen molar-refractivity contribution in [2.75, 3.05) is 13.1 Å². The molecule has 0 radical (unpaired) electrons. The predicted molar refractivity (Wildman–Crippen MR) is 78.5 cm³/mol. The van der Waals surface area contributed by atoms with Gasteiger partial charge in [-0.1, -0.05) is 0 Å². The van der Waals surface area contributed by atoms with Crippen molar-refractivity contribution >= 4 is 11.8 Å². The Hall–Kier alpha value is -1.98. The highest BCUT2D eigenvalue weighted by Crippen LogP contribution is 2.34. The lowest BCUT2D eigenvalue weighted by Crippen LogP contribution is -2.52. The molecule has 0 spiro atoms. The number of halogens is 1. The molecule has 2 fully saturated rings. The molecule has 3 rings (SSSR count). The number of hydrogen-bond donors (Lipinski definition) is 1. The number of nitrogens with one attached hydrogen (secondary N) is 1. The number of carbonyl (C=O) groups is 2. The lowest BCUT2D eigenvalue weighted by molar-refractivity contribution is -0.142. The first kappa shape index (κ1) is 14.9. The van der Waals surface area contributed by atoms with Crippen LogP contribution in [0.25, 0.3) is 0 Å². The molecule has 1 aromatic rings. The number of rotatable bonds is 4. The van der Waals surface area contributed by atoms with Gasteiger partial charge in [-0.05, 0) is 30.5 Å². The SMILES string of the molecule is O=C(C1CC1)N1CCC(F)(C(=O)NCc2ccncc2)CC1. The standard InChI is InChI=1S/C16H20FN3O2/c17-16(15(22)19-11-12-3-7-18-8-4-12)5-9-20(10-6-16)14(21)13-1-2-13/h3-4,7-8,13H,1-2,5-6,9-11H2,(H,19,22). The van der Waals surface area contributed by atoms with Crippen LogP contribution in [0.5, 0.6) is 0 Å². The summed E-state index contributed by atoms with van der Waals surface area (Å²) in [6.45, 7) is 0.945. The molecule has 22 heavy (non-hydrogen) atoms. The van der Waals surface area contributed by atoms with E-state index < -0.39 is 11.6 Å². The van der Waals surface area contributed by atoms with Gasteiger partial charge in [-0.3, -0.25) is 14.6 Å². The van der Waals surface area contributed by atoms with Gasteiger partial charge in [-0.25, -0.2) is 4.39 Å². The van der Waals surface area contributed by atoms with Crippen LogP contribution >= 0.6 is 0 Å². The van der Waals surface area contributed by atoms with Crippen LogP contribution in [0.2, 0.25) is 0 Å². The van der Waals surface area contributed by atoms with E-state index in [1.807, 2.05) is 0 Å². The number of pyridine rings is 1. The van der Waals surface area contributed by atoms with Gasteiger partial charge < -0.3 is 10.2 Å². The summed E-state index contributed by atoms with van der Waals surface area (Å²) in [6.07, 6.45) is 5.32. The van der Waals surface area contributed by atoms with Crippen molar-refractivity contribution in [2.24, 2.45) is 5.92 Å². The van der Waals surface area contributed by atoms with Gasteiger partial charge >= 0.3 is 0 Å². The van der Waals surface area contributed by atoms with E-state index in [9.17, 15) is 14.0 Å². The van der Waals surface area contributed by atoms with Crippen LogP contribution in [0.3, 0.4) is 0 Å². The molecule has 1 aromatic heterocycles. The Balaban J connectivity index is 1.51. The van der Waals surface area contributed by atoms with E-state index in [4.69, 9.17) is 0 Å². The molecule has 2 amide bonds. The van der Waals surface area contributed by atoms with E-state index in [-0.39, 0.29) is 31.2 Å². The molecule has 0 bridgehead atoms. The summed E-state index contributed by atoms with van der Waals surface area (Å²) in [5, 5.41) is 2.64. The van der Waals surface area contributed by atoms with E-state index in [1.165, 1.54) is 0 Å². The summed E-state index contributed by atoms with van der Waals surface area (Å²) >= 11 is 0. The van der Waals surface area contributed by atoms with Gasteiger partial charge in [-0.15, -0.1) is 0 Å². The average Bonchev–Trinajstić information content (AvgIpc) is 3.38. The topological polar surface area (TPSA) is 62.3 Å². The van der Waals surface area contributed by atoms with E-state index in [2.05, 4.69) is 10.3 Å². The minimum absolute atomic E-state index is 0.0770. The Morgan fingerprint density at radius 2 is 1.91 bits per heavy atom. The number of aromatic nitrogens is 1. The van der Waals surface area contributed by atoms with Gasteiger partial charge in [0, 0.05) is 50.8 Å². The molecule has 0 unspecified atom stereocenters. The van der Waals surface area contributed by atoms with Crippen LogP contribution in [0.1, 0.15) is 31.2 Å². The van der Waals surface area contributed by atoms with E-state index in [1.54, 1.807) is 29.4 Å². The van der Waals surface area contributed by atoms with Crippen molar-refractivity contribution in [1.29, 1.82) is 0 Å². The fourth-order valence-corrected chi connectivity index (χ4v) is 2.74. The molecular formula is C16H20FN3O2. The van der Waals surface area contributed by atoms with Crippen LogP contribution in [-0.4, -0.2) is 40.5 Å². The number of piperidine rings is 1. The van der Waals surface area contributed by atoms with Crippen molar-refractivity contribution in [3.8, 4) is 0 Å². The fourth-order valence-electron chi connectivity index (χ4n) is 2.74. The summed E-state index contributed by atoms with van der Waals surface area (Å²) in [5.74, 6) is -0.310. The Bertz CT molecular complexity index is 552. The summed E-state index contributed by atoms with van der Waals surface area (Å²) in [4.78, 5) is 29.7. The molecule has 1 saturated heterocycles. The van der Waals surface area contributed by atoms with Gasteiger partial charge in [0.1, 0.15) is 0 Å². The summed E-state index contributed by atoms with van der Waals surface area (Å²) in [5.41, 5.74) is -0.985. The molecule has 5 nitrogen and oxygen atoms in total. The van der Waals surface area contributed by atoms with Crippen molar-refractivity contribution in [3.05, 3.63) is 30.1 Å². The van der Waals surface area contributed by atoms with Crippen LogP contribution in [0, 0.1) is 5.92 Å². The summed E-state index contributed by atoms with van der Waals surface area (Å²) in [7, 11) is 0. The van der Waals surface area contributed by atoms with E-state index >= 15 is 0 Å². The maximum Gasteiger partial charge on any atom is 0.258 e. The third-order valence-corrected chi connectivity index (χ3v) is 4.40. The average molecular weight is 305 g/mol. The van der Waals surface area contributed by atoms with Gasteiger partial charge in [0.2, 0.25) is 5.91 Å². The maximum absolute atomic E-state index is 14.8. The second kappa shape index (κ2) is 6.02. The second-order valence-corrected chi connectivity index (χ2v) is 6.10. The first-order valence-corrected chi connectivity index (χ1v) is 7.73. The number of amides is 2. The molecule has 118 valence electrons. The molecule has 1 aliphatic carbocycles. The molecule has 0 atom stereocenters. The Labute approximate surface area is 128 Å². The Kier molecular flexibility index (Phi) is 4.09. The third-order valence-electron chi connectivity index (χ3n) is 4.40. The second-order valence-electron chi connectivity index (χ2n) is 6.10. The lowest BCUT2D eigenvalue weighted by Gasteiger charge is -2.35. The molecule has 6 heteroatoms. The Morgan fingerprint density at radius 3 is 2.50 bits per heavy atom. The number of alkyl halides is 1. The quantitative estimate of drug-likeness (QED) is 0.915. The van der Waals surface area contributed by atoms with Crippen molar-refractivity contribution in [3.63, 3.8) is 0 Å². The van der Waals surface area contributed by atoms with E-state index in [0.29, 0.717) is 13.1 Å². The first-order chi connectivity index (χ1) is 10.6. The van der Waals surface area contributed by atoms with Crippen LogP contribution < -0.4 is 5.32 Å². The van der Waals surface area contributed by atoms with Crippen LogP contribution in [-0.2, 0) is 16.1 Å². The highest BCUT2D eigenvalue weighted by Gasteiger charge is 2.44. The van der Waals surface area contributed by atoms with Crippen molar-refractivity contribution in [1.82, 2.24) is 15.2 Å². The normalized spacial score (nSPS) is 20.5. The monoisotopic (exact) mass is 305 g/mol. The first-order valence-electron chi connectivity index (χ1n) is 7.73. The van der Waals surface area contributed by atoms with Gasteiger partial charge in [0.25, 0.3) is 5.91 Å². The lowest BCUT2D eigenvalue weighted by atomic mass is 9.92. The fraction of sp³-hybridized carbons (Fsp3) is 0.562. The minimum Gasteiger partial charge on any atom is -0.349 e. The Morgan fingerprint density at radius 1 is 1.27 bits per heavy atom. The van der Waals surface area contributed by atoms with Crippen molar-refractivity contribution < 1.29 is 14.0 Å². The van der Waals surface area contributed by atoms with Crippen LogP contribution in [0.4, 0.5) is 4.39 Å². The molecule has 1 aliphatic heterocycles. The van der Waals surface area contributed by atoms with Gasteiger partial charge in [0.15, 0.2) is 5.67 Å². The molecular weight excluding hydrogens is 285 g/mol. The minimum atomic E-state index is -1.87. The van der Waals surface area contributed by atoms with Crippen molar-refractivity contribution in [2.45, 2.75) is 37.9 Å². The molecule has 1 N–H and O–H groups in total. The van der Waals surface area contributed by atoms with Crippen LogP contribution in [0.15, 0.2) is 24.5 Å². The number of nitrogens with zero attached hydrogens (tertiary/aromatic N) is 2.